The molecule has 5 nitrogen and oxygen atoms in total. The number of nitrogens with one attached hydrogen (secondary N) is 2. The van der Waals surface area contributed by atoms with Crippen molar-refractivity contribution in [1.29, 1.82) is 0 Å². The molecule has 0 bridgehead atoms. The number of nitrogens with zero attached hydrogens (tertiary/aromatic N) is 1. The highest BCUT2D eigenvalue weighted by Crippen LogP contribution is 2.22. The average molecular weight is 392 g/mol. The molecule has 0 aliphatic carbocycles. The number of rotatable bonds is 7. The third kappa shape index (κ3) is 5.78. The number of carbonyl (C=O) groups excluding carboxylic acids is 2. The minimum Gasteiger partial charge on any atom is -0.353 e. The number of allylic oxidation sites excluding steroid dienone is 1. The fraction of sp³-hybridized carbons (Fsp3) is 0.333. The van der Waals surface area contributed by atoms with Crippen molar-refractivity contribution in [2.45, 2.75) is 32.4 Å². The van der Waals surface area contributed by atoms with Crippen LogP contribution in [0, 0.1) is 0 Å². The van der Waals surface area contributed by atoms with Crippen molar-refractivity contribution in [3.05, 3.63) is 83.4 Å². The molecule has 0 aromatic heterocycles. The Balaban J connectivity index is 1.75. The van der Waals surface area contributed by atoms with Crippen LogP contribution in [0.25, 0.3) is 0 Å². The van der Waals surface area contributed by atoms with Gasteiger partial charge in [-0.25, -0.2) is 0 Å². The summed E-state index contributed by atoms with van der Waals surface area (Å²) in [4.78, 5) is 27.5. The van der Waals surface area contributed by atoms with Crippen LogP contribution in [0.15, 0.2) is 72.3 Å². The first-order valence-corrected chi connectivity index (χ1v) is 10.1. The fourth-order valence-corrected chi connectivity index (χ4v) is 3.55. The van der Waals surface area contributed by atoms with E-state index in [-0.39, 0.29) is 24.3 Å². The summed E-state index contributed by atoms with van der Waals surface area (Å²) in [5, 5.41) is 6.03. The van der Waals surface area contributed by atoms with Gasteiger partial charge >= 0.3 is 0 Å². The smallest absolute Gasteiger partial charge is 0.237 e. The zero-order valence-corrected chi connectivity index (χ0v) is 17.1. The summed E-state index contributed by atoms with van der Waals surface area (Å²) < 4.78 is 0. The van der Waals surface area contributed by atoms with Crippen LogP contribution >= 0.6 is 0 Å². The maximum absolute atomic E-state index is 13.0. The van der Waals surface area contributed by atoms with Gasteiger partial charge in [0, 0.05) is 19.6 Å². The molecule has 0 spiro atoms. The Kier molecular flexibility index (Phi) is 7.19. The first-order chi connectivity index (χ1) is 14.0. The topological polar surface area (TPSA) is 61.4 Å². The SMILES string of the molecule is CC(C)=CCN1CCNC(=O)C1CC(=O)NC(c1ccccc1)c1ccccc1. The van der Waals surface area contributed by atoms with Gasteiger partial charge in [-0.05, 0) is 25.0 Å². The van der Waals surface area contributed by atoms with E-state index < -0.39 is 6.04 Å². The van der Waals surface area contributed by atoms with Gasteiger partial charge in [0.25, 0.3) is 0 Å². The number of hydrogen-bond acceptors (Lipinski definition) is 3. The molecule has 29 heavy (non-hydrogen) atoms. The standard InChI is InChI=1S/C24H29N3O2/c1-18(2)13-15-27-16-14-25-24(29)21(27)17-22(28)26-23(19-9-5-3-6-10-19)20-11-7-4-8-12-20/h3-13,21,23H,14-17H2,1-2H3,(H,25,29)(H,26,28). The van der Waals surface area contributed by atoms with Crippen LogP contribution in [0.4, 0.5) is 0 Å². The van der Waals surface area contributed by atoms with Gasteiger partial charge in [-0.3, -0.25) is 14.5 Å². The van der Waals surface area contributed by atoms with E-state index in [1.807, 2.05) is 74.5 Å². The molecule has 1 atom stereocenters. The molecule has 1 aliphatic rings. The van der Waals surface area contributed by atoms with Crippen molar-refractivity contribution in [3.8, 4) is 0 Å². The Morgan fingerprint density at radius 2 is 1.69 bits per heavy atom. The summed E-state index contributed by atoms with van der Waals surface area (Å²) in [7, 11) is 0. The molecule has 5 heteroatoms. The van der Waals surface area contributed by atoms with Crippen LogP contribution in [0.2, 0.25) is 0 Å². The highest BCUT2D eigenvalue weighted by molar-refractivity contribution is 5.89. The molecular weight excluding hydrogens is 362 g/mol. The minimum atomic E-state index is -0.452. The Morgan fingerprint density at radius 3 is 2.24 bits per heavy atom. The summed E-state index contributed by atoms with van der Waals surface area (Å²) >= 11 is 0. The molecule has 2 amide bonds. The second-order valence-electron chi connectivity index (χ2n) is 7.61. The molecule has 0 saturated carbocycles. The monoisotopic (exact) mass is 391 g/mol. The summed E-state index contributed by atoms with van der Waals surface area (Å²) in [6.45, 7) is 6.11. The van der Waals surface area contributed by atoms with Crippen molar-refractivity contribution in [3.63, 3.8) is 0 Å². The lowest BCUT2D eigenvalue weighted by molar-refractivity contribution is -0.133. The first kappa shape index (κ1) is 20.8. The quantitative estimate of drug-likeness (QED) is 0.713. The van der Waals surface area contributed by atoms with Crippen molar-refractivity contribution < 1.29 is 9.59 Å². The molecule has 1 heterocycles. The summed E-state index contributed by atoms with van der Waals surface area (Å²) in [5.41, 5.74) is 3.23. The van der Waals surface area contributed by atoms with Crippen molar-refractivity contribution in [2.24, 2.45) is 0 Å². The number of benzene rings is 2. The van der Waals surface area contributed by atoms with Crippen LogP contribution in [0.3, 0.4) is 0 Å². The largest absolute Gasteiger partial charge is 0.353 e. The van der Waals surface area contributed by atoms with Crippen molar-refractivity contribution >= 4 is 11.8 Å². The third-order valence-electron chi connectivity index (χ3n) is 5.13. The number of hydrogen-bond donors (Lipinski definition) is 2. The zero-order valence-electron chi connectivity index (χ0n) is 17.1. The van der Waals surface area contributed by atoms with E-state index in [2.05, 4.69) is 21.6 Å². The van der Waals surface area contributed by atoms with Gasteiger partial charge in [-0.15, -0.1) is 0 Å². The van der Waals surface area contributed by atoms with Gasteiger partial charge in [-0.2, -0.15) is 0 Å². The lowest BCUT2D eigenvalue weighted by Crippen LogP contribution is -2.56. The molecule has 3 rings (SSSR count). The maximum Gasteiger partial charge on any atom is 0.237 e. The van der Waals surface area contributed by atoms with Gasteiger partial charge in [-0.1, -0.05) is 72.3 Å². The summed E-state index contributed by atoms with van der Waals surface area (Å²) in [5.74, 6) is -0.212. The highest BCUT2D eigenvalue weighted by atomic mass is 16.2. The predicted octanol–water partition coefficient (Wildman–Crippen LogP) is 3.05. The van der Waals surface area contributed by atoms with Gasteiger partial charge in [0.1, 0.15) is 0 Å². The van der Waals surface area contributed by atoms with Crippen LogP contribution in [0.1, 0.15) is 37.4 Å². The Bertz CT molecular complexity index is 805. The minimum absolute atomic E-state index is 0.0791. The predicted molar refractivity (Wildman–Crippen MR) is 115 cm³/mol. The van der Waals surface area contributed by atoms with Crippen LogP contribution in [-0.2, 0) is 9.59 Å². The van der Waals surface area contributed by atoms with E-state index >= 15 is 0 Å². The maximum atomic E-state index is 13.0. The molecule has 2 N–H and O–H groups in total. The second kappa shape index (κ2) is 10.0. The zero-order chi connectivity index (χ0) is 20.6. The number of carbonyl (C=O) groups is 2. The second-order valence-corrected chi connectivity index (χ2v) is 7.61. The van der Waals surface area contributed by atoms with Crippen molar-refractivity contribution in [1.82, 2.24) is 15.5 Å². The van der Waals surface area contributed by atoms with E-state index in [1.165, 1.54) is 5.57 Å². The first-order valence-electron chi connectivity index (χ1n) is 10.1. The summed E-state index contributed by atoms with van der Waals surface area (Å²) in [6.07, 6.45) is 2.23. The van der Waals surface area contributed by atoms with Crippen LogP contribution in [0.5, 0.6) is 0 Å². The average Bonchev–Trinajstić information content (AvgIpc) is 2.73. The Labute approximate surface area is 172 Å². The van der Waals surface area contributed by atoms with Gasteiger partial charge in [0.15, 0.2) is 0 Å². The molecule has 1 unspecified atom stereocenters. The summed E-state index contributed by atoms with van der Waals surface area (Å²) in [6, 6.07) is 19.1. The Morgan fingerprint density at radius 1 is 1.10 bits per heavy atom. The highest BCUT2D eigenvalue weighted by Gasteiger charge is 2.31. The molecule has 0 radical (unpaired) electrons. The van der Waals surface area contributed by atoms with Gasteiger partial charge in [0.2, 0.25) is 11.8 Å². The van der Waals surface area contributed by atoms with E-state index in [0.717, 1.165) is 17.7 Å². The lowest BCUT2D eigenvalue weighted by atomic mass is 9.98. The van der Waals surface area contributed by atoms with Crippen molar-refractivity contribution in [2.75, 3.05) is 19.6 Å². The van der Waals surface area contributed by atoms with E-state index in [4.69, 9.17) is 0 Å². The normalized spacial score (nSPS) is 16.9. The number of amides is 2. The lowest BCUT2D eigenvalue weighted by Gasteiger charge is -2.34. The van der Waals surface area contributed by atoms with Crippen LogP contribution in [-0.4, -0.2) is 42.4 Å². The molecule has 1 saturated heterocycles. The van der Waals surface area contributed by atoms with E-state index in [9.17, 15) is 9.59 Å². The van der Waals surface area contributed by atoms with Gasteiger partial charge < -0.3 is 10.6 Å². The third-order valence-corrected chi connectivity index (χ3v) is 5.13. The van der Waals surface area contributed by atoms with Crippen LogP contribution < -0.4 is 10.6 Å². The molecule has 2 aromatic rings. The molecule has 1 fully saturated rings. The molecule has 1 aliphatic heterocycles. The van der Waals surface area contributed by atoms with E-state index in [1.54, 1.807) is 0 Å². The molecule has 152 valence electrons. The molecular formula is C24H29N3O2. The van der Waals surface area contributed by atoms with E-state index in [0.29, 0.717) is 13.1 Å². The number of piperazine rings is 1. The fourth-order valence-electron chi connectivity index (χ4n) is 3.55. The molecule has 2 aromatic carbocycles. The Hall–Kier alpha value is -2.92. The van der Waals surface area contributed by atoms with Gasteiger partial charge in [0.05, 0.1) is 18.5 Å².